The molecule has 1 nitrogen and oxygen atoms in total. The van der Waals surface area contributed by atoms with E-state index in [4.69, 9.17) is 0 Å². The van der Waals surface area contributed by atoms with Crippen molar-refractivity contribution in [3.05, 3.63) is 35.0 Å². The molecule has 3 heteroatoms. The number of hydrogen-bond donors (Lipinski definition) is 1. The minimum atomic E-state index is -0.519. The van der Waals surface area contributed by atoms with Gasteiger partial charge in [0.1, 0.15) is 11.6 Å². The van der Waals surface area contributed by atoms with Crippen molar-refractivity contribution >= 4 is 10.9 Å². The van der Waals surface area contributed by atoms with E-state index in [1.807, 2.05) is 0 Å². The summed E-state index contributed by atoms with van der Waals surface area (Å²) in [6, 6.07) is 2.31. The third kappa shape index (κ3) is 0.924. The molecule has 0 bridgehead atoms. The van der Waals surface area contributed by atoms with Crippen molar-refractivity contribution in [2.45, 2.75) is 19.3 Å². The van der Waals surface area contributed by atoms with Crippen LogP contribution in [0.4, 0.5) is 8.78 Å². The number of H-pyrrole nitrogens is 1. The van der Waals surface area contributed by atoms with Gasteiger partial charge in [-0.15, -0.1) is 0 Å². The van der Waals surface area contributed by atoms with Gasteiger partial charge < -0.3 is 4.98 Å². The van der Waals surface area contributed by atoms with Gasteiger partial charge in [-0.2, -0.15) is 0 Å². The number of fused-ring (bicyclic) bond motifs is 3. The van der Waals surface area contributed by atoms with Gasteiger partial charge in [0.05, 0.1) is 5.52 Å². The van der Waals surface area contributed by atoms with E-state index in [2.05, 4.69) is 4.98 Å². The Labute approximate surface area is 79.7 Å². The molecule has 0 unspecified atom stereocenters. The molecule has 72 valence electrons. The number of aromatic nitrogens is 1. The van der Waals surface area contributed by atoms with E-state index in [-0.39, 0.29) is 0 Å². The lowest BCUT2D eigenvalue weighted by Crippen LogP contribution is -1.84. The Morgan fingerprint density at radius 3 is 2.86 bits per heavy atom. The van der Waals surface area contributed by atoms with Crippen LogP contribution in [0.15, 0.2) is 12.1 Å². The highest BCUT2D eigenvalue weighted by Crippen LogP contribution is 2.31. The normalized spacial score (nSPS) is 15.0. The maximum atomic E-state index is 13.5. The van der Waals surface area contributed by atoms with E-state index in [0.29, 0.717) is 10.9 Å². The Balaban J connectivity index is 2.43. The first kappa shape index (κ1) is 7.97. The van der Waals surface area contributed by atoms with E-state index in [1.54, 1.807) is 0 Å². The number of aromatic amines is 1. The summed E-state index contributed by atoms with van der Waals surface area (Å²) < 4.78 is 26.4. The summed E-state index contributed by atoms with van der Waals surface area (Å²) in [6.07, 6.45) is 2.91. The fourth-order valence-electron chi connectivity index (χ4n) is 2.30. The topological polar surface area (TPSA) is 15.8 Å². The highest BCUT2D eigenvalue weighted by Gasteiger charge is 2.19. The van der Waals surface area contributed by atoms with Gasteiger partial charge in [0.2, 0.25) is 0 Å². The molecule has 0 atom stereocenters. The molecule has 0 fully saturated rings. The number of rotatable bonds is 0. The Bertz CT molecular complexity index is 513. The van der Waals surface area contributed by atoms with Crippen molar-refractivity contribution in [2.24, 2.45) is 0 Å². The van der Waals surface area contributed by atoms with Gasteiger partial charge in [0, 0.05) is 17.1 Å². The average Bonchev–Trinajstić information content (AvgIpc) is 2.60. The summed E-state index contributed by atoms with van der Waals surface area (Å²) in [7, 11) is 0. The van der Waals surface area contributed by atoms with Crippen LogP contribution in [0.3, 0.4) is 0 Å². The standard InChI is InChI=1S/C11H9F2N/c12-6-4-8(13)11-7-2-1-3-9(7)14-10(11)5-6/h4-5,14H,1-3H2. The van der Waals surface area contributed by atoms with Crippen LogP contribution >= 0.6 is 0 Å². The molecule has 0 spiro atoms. The van der Waals surface area contributed by atoms with E-state index >= 15 is 0 Å². The Morgan fingerprint density at radius 1 is 1.14 bits per heavy atom. The molecule has 0 saturated carbocycles. The van der Waals surface area contributed by atoms with E-state index in [0.717, 1.165) is 36.6 Å². The van der Waals surface area contributed by atoms with Crippen LogP contribution in [0.25, 0.3) is 10.9 Å². The molecule has 0 radical (unpaired) electrons. The van der Waals surface area contributed by atoms with Crippen molar-refractivity contribution in [3.8, 4) is 0 Å². The van der Waals surface area contributed by atoms with Crippen LogP contribution in [0.5, 0.6) is 0 Å². The minimum Gasteiger partial charge on any atom is -0.358 e. The zero-order chi connectivity index (χ0) is 9.71. The predicted molar refractivity (Wildman–Crippen MR) is 50.2 cm³/mol. The Morgan fingerprint density at radius 2 is 2.00 bits per heavy atom. The van der Waals surface area contributed by atoms with E-state index in [1.165, 1.54) is 6.07 Å². The fraction of sp³-hybridized carbons (Fsp3) is 0.273. The molecule has 0 aliphatic heterocycles. The van der Waals surface area contributed by atoms with Crippen molar-refractivity contribution < 1.29 is 8.78 Å². The quantitative estimate of drug-likeness (QED) is 0.662. The smallest absolute Gasteiger partial charge is 0.135 e. The Hall–Kier alpha value is -1.38. The minimum absolute atomic E-state index is 0.445. The molecule has 1 heterocycles. The highest BCUT2D eigenvalue weighted by molar-refractivity contribution is 5.85. The molecule has 14 heavy (non-hydrogen) atoms. The Kier molecular flexibility index (Phi) is 1.46. The van der Waals surface area contributed by atoms with Crippen LogP contribution in [0.1, 0.15) is 17.7 Å². The van der Waals surface area contributed by atoms with Crippen LogP contribution < -0.4 is 0 Å². The molecular weight excluding hydrogens is 184 g/mol. The highest BCUT2D eigenvalue weighted by atomic mass is 19.1. The summed E-state index contributed by atoms with van der Waals surface area (Å²) in [5, 5.41) is 0.582. The molecule has 3 rings (SSSR count). The summed E-state index contributed by atoms with van der Waals surface area (Å²) in [6.45, 7) is 0. The largest absolute Gasteiger partial charge is 0.358 e. The molecule has 1 aliphatic rings. The number of aryl methyl sites for hydroxylation is 2. The van der Waals surface area contributed by atoms with Crippen LogP contribution in [0.2, 0.25) is 0 Å². The van der Waals surface area contributed by atoms with Crippen LogP contribution in [-0.2, 0) is 12.8 Å². The lowest BCUT2D eigenvalue weighted by atomic mass is 10.1. The second-order valence-electron chi connectivity index (χ2n) is 3.75. The number of benzene rings is 1. The van der Waals surface area contributed by atoms with Crippen molar-refractivity contribution in [3.63, 3.8) is 0 Å². The zero-order valence-electron chi connectivity index (χ0n) is 7.53. The third-order valence-corrected chi connectivity index (χ3v) is 2.86. The molecule has 1 aliphatic carbocycles. The van der Waals surface area contributed by atoms with E-state index < -0.39 is 11.6 Å². The van der Waals surface area contributed by atoms with Gasteiger partial charge in [-0.25, -0.2) is 8.78 Å². The second-order valence-corrected chi connectivity index (χ2v) is 3.75. The maximum Gasteiger partial charge on any atom is 0.135 e. The number of nitrogens with one attached hydrogen (secondary N) is 1. The van der Waals surface area contributed by atoms with Gasteiger partial charge in [0.15, 0.2) is 0 Å². The summed E-state index contributed by atoms with van der Waals surface area (Å²) in [5.74, 6) is -0.964. The first-order valence-electron chi connectivity index (χ1n) is 4.74. The fourth-order valence-corrected chi connectivity index (χ4v) is 2.30. The molecule has 0 saturated heterocycles. The monoisotopic (exact) mass is 193 g/mol. The first-order valence-corrected chi connectivity index (χ1v) is 4.74. The number of halogens is 2. The average molecular weight is 193 g/mol. The van der Waals surface area contributed by atoms with Gasteiger partial charge in [0.25, 0.3) is 0 Å². The summed E-state index contributed by atoms with van der Waals surface area (Å²) in [5.41, 5.74) is 2.70. The molecule has 2 aromatic rings. The SMILES string of the molecule is Fc1cc(F)c2c3c([nH]c2c1)CCC3. The molecule has 1 N–H and O–H groups in total. The zero-order valence-corrected chi connectivity index (χ0v) is 7.53. The lowest BCUT2D eigenvalue weighted by Gasteiger charge is -1.96. The first-order chi connectivity index (χ1) is 6.75. The van der Waals surface area contributed by atoms with Gasteiger partial charge in [-0.1, -0.05) is 0 Å². The maximum absolute atomic E-state index is 13.5. The van der Waals surface area contributed by atoms with Gasteiger partial charge in [-0.3, -0.25) is 0 Å². The van der Waals surface area contributed by atoms with E-state index in [9.17, 15) is 8.78 Å². The van der Waals surface area contributed by atoms with Crippen LogP contribution in [-0.4, -0.2) is 4.98 Å². The summed E-state index contributed by atoms with van der Waals surface area (Å²) >= 11 is 0. The van der Waals surface area contributed by atoms with Crippen molar-refractivity contribution in [1.29, 1.82) is 0 Å². The third-order valence-electron chi connectivity index (χ3n) is 2.86. The van der Waals surface area contributed by atoms with Crippen LogP contribution in [0, 0.1) is 11.6 Å². The lowest BCUT2D eigenvalue weighted by molar-refractivity contribution is 0.591. The van der Waals surface area contributed by atoms with Gasteiger partial charge >= 0.3 is 0 Å². The molecular formula is C11H9F2N. The van der Waals surface area contributed by atoms with Crippen molar-refractivity contribution in [2.75, 3.05) is 0 Å². The second kappa shape index (κ2) is 2.56. The summed E-state index contributed by atoms with van der Waals surface area (Å²) in [4.78, 5) is 3.08. The molecule has 1 aromatic carbocycles. The molecule has 1 aromatic heterocycles. The van der Waals surface area contributed by atoms with Crippen molar-refractivity contribution in [1.82, 2.24) is 4.98 Å². The van der Waals surface area contributed by atoms with Gasteiger partial charge in [-0.05, 0) is 30.9 Å². The molecule has 0 amide bonds. The predicted octanol–water partition coefficient (Wildman–Crippen LogP) is 2.93. The number of hydrogen-bond acceptors (Lipinski definition) is 0.